The number of rotatable bonds is 3. The van der Waals surface area contributed by atoms with Crippen LogP contribution in [0.2, 0.25) is 0 Å². The number of amides is 1. The first-order valence-corrected chi connectivity index (χ1v) is 6.64. The average Bonchev–Trinajstić information content (AvgIpc) is 2.30. The summed E-state index contributed by atoms with van der Waals surface area (Å²) in [4.78, 5) is 12.9. The molecular formula is C16H17NOS. The maximum Gasteiger partial charge on any atom is 0.228 e. The third-order valence-corrected chi connectivity index (χ3v) is 3.10. The molecule has 2 aromatic rings. The normalized spacial score (nSPS) is 10.3. The summed E-state index contributed by atoms with van der Waals surface area (Å²) in [7, 11) is 0. The van der Waals surface area contributed by atoms with Gasteiger partial charge in [0, 0.05) is 10.6 Å². The van der Waals surface area contributed by atoms with Gasteiger partial charge < -0.3 is 5.32 Å². The molecule has 1 N–H and O–H groups in total. The Morgan fingerprint density at radius 1 is 1.05 bits per heavy atom. The van der Waals surface area contributed by atoms with Crippen LogP contribution in [0, 0.1) is 13.8 Å². The second-order valence-electron chi connectivity index (χ2n) is 4.77. The summed E-state index contributed by atoms with van der Waals surface area (Å²) >= 11 is 4.22. The molecule has 0 spiro atoms. The summed E-state index contributed by atoms with van der Waals surface area (Å²) in [5, 5.41) is 2.93. The SMILES string of the molecule is Cc1cc(C)cc(NC(=O)Cc2ccc(S)cc2)c1. The molecule has 2 nitrogen and oxygen atoms in total. The molecule has 1 amide bonds. The third-order valence-electron chi connectivity index (χ3n) is 2.81. The fourth-order valence-corrected chi connectivity index (χ4v) is 2.20. The fraction of sp³-hybridized carbons (Fsp3) is 0.188. The molecule has 0 unspecified atom stereocenters. The minimum atomic E-state index is -0.00286. The topological polar surface area (TPSA) is 29.1 Å². The Balaban J connectivity index is 2.03. The number of nitrogens with one attached hydrogen (secondary N) is 1. The second-order valence-corrected chi connectivity index (χ2v) is 5.28. The zero-order valence-electron chi connectivity index (χ0n) is 11.1. The molecule has 0 saturated carbocycles. The van der Waals surface area contributed by atoms with Crippen LogP contribution >= 0.6 is 12.6 Å². The lowest BCUT2D eigenvalue weighted by molar-refractivity contribution is -0.115. The zero-order chi connectivity index (χ0) is 13.8. The standard InChI is InChI=1S/C16H17NOS/c1-11-7-12(2)9-14(8-11)17-16(18)10-13-3-5-15(19)6-4-13/h3-9,19H,10H2,1-2H3,(H,17,18). The van der Waals surface area contributed by atoms with Crippen molar-refractivity contribution in [3.63, 3.8) is 0 Å². The summed E-state index contributed by atoms with van der Waals surface area (Å²) in [5.41, 5.74) is 4.14. The minimum absolute atomic E-state index is 0.00286. The van der Waals surface area contributed by atoms with Gasteiger partial charge in [0.2, 0.25) is 5.91 Å². The highest BCUT2D eigenvalue weighted by atomic mass is 32.1. The summed E-state index contributed by atoms with van der Waals surface area (Å²) in [6, 6.07) is 13.7. The maximum absolute atomic E-state index is 12.0. The van der Waals surface area contributed by atoms with E-state index in [0.29, 0.717) is 6.42 Å². The van der Waals surface area contributed by atoms with Gasteiger partial charge >= 0.3 is 0 Å². The molecule has 0 aliphatic heterocycles. The van der Waals surface area contributed by atoms with Crippen molar-refractivity contribution >= 4 is 24.2 Å². The summed E-state index contributed by atoms with van der Waals surface area (Å²) < 4.78 is 0. The summed E-state index contributed by atoms with van der Waals surface area (Å²) in [5.74, 6) is -0.00286. The van der Waals surface area contributed by atoms with E-state index in [4.69, 9.17) is 0 Å². The van der Waals surface area contributed by atoms with Gasteiger partial charge in [-0.2, -0.15) is 0 Å². The Morgan fingerprint density at radius 2 is 1.63 bits per heavy atom. The zero-order valence-corrected chi connectivity index (χ0v) is 12.0. The number of carbonyl (C=O) groups excluding carboxylic acids is 1. The van der Waals surface area contributed by atoms with Crippen molar-refractivity contribution in [2.24, 2.45) is 0 Å². The highest BCUT2D eigenvalue weighted by molar-refractivity contribution is 7.80. The van der Waals surface area contributed by atoms with Crippen LogP contribution in [0.25, 0.3) is 0 Å². The third kappa shape index (κ3) is 4.14. The monoisotopic (exact) mass is 271 g/mol. The highest BCUT2D eigenvalue weighted by Gasteiger charge is 2.04. The highest BCUT2D eigenvalue weighted by Crippen LogP contribution is 2.14. The van der Waals surface area contributed by atoms with E-state index in [0.717, 1.165) is 27.3 Å². The summed E-state index contributed by atoms with van der Waals surface area (Å²) in [6.07, 6.45) is 0.376. The first kappa shape index (κ1) is 13.7. The lowest BCUT2D eigenvalue weighted by Crippen LogP contribution is -2.14. The van der Waals surface area contributed by atoms with Gasteiger partial charge in [0.25, 0.3) is 0 Å². The van der Waals surface area contributed by atoms with Gasteiger partial charge in [0.05, 0.1) is 6.42 Å². The smallest absolute Gasteiger partial charge is 0.228 e. The van der Waals surface area contributed by atoms with Crippen LogP contribution in [-0.2, 0) is 11.2 Å². The van der Waals surface area contributed by atoms with Crippen molar-refractivity contribution < 1.29 is 4.79 Å². The fourth-order valence-electron chi connectivity index (χ4n) is 2.05. The number of hydrogen-bond acceptors (Lipinski definition) is 2. The molecule has 0 fully saturated rings. The van der Waals surface area contributed by atoms with Gasteiger partial charge in [0.1, 0.15) is 0 Å². The summed E-state index contributed by atoms with van der Waals surface area (Å²) in [6.45, 7) is 4.04. The van der Waals surface area contributed by atoms with Gasteiger partial charge in [-0.25, -0.2) is 0 Å². The van der Waals surface area contributed by atoms with Crippen molar-refractivity contribution in [2.45, 2.75) is 25.2 Å². The molecular weight excluding hydrogens is 254 g/mol. The van der Waals surface area contributed by atoms with Crippen LogP contribution in [-0.4, -0.2) is 5.91 Å². The maximum atomic E-state index is 12.0. The van der Waals surface area contributed by atoms with E-state index in [2.05, 4.69) is 24.0 Å². The quantitative estimate of drug-likeness (QED) is 0.817. The molecule has 2 rings (SSSR count). The lowest BCUT2D eigenvalue weighted by atomic mass is 10.1. The molecule has 2 aromatic carbocycles. The predicted octanol–water partition coefficient (Wildman–Crippen LogP) is 3.77. The van der Waals surface area contributed by atoms with E-state index in [-0.39, 0.29) is 5.91 Å². The van der Waals surface area contributed by atoms with Crippen molar-refractivity contribution in [1.29, 1.82) is 0 Å². The van der Waals surface area contributed by atoms with E-state index < -0.39 is 0 Å². The van der Waals surface area contributed by atoms with E-state index in [9.17, 15) is 4.79 Å². The number of anilines is 1. The van der Waals surface area contributed by atoms with Crippen molar-refractivity contribution in [2.75, 3.05) is 5.32 Å². The number of hydrogen-bond donors (Lipinski definition) is 2. The Bertz CT molecular complexity index is 570. The molecule has 0 bridgehead atoms. The van der Waals surface area contributed by atoms with Gasteiger partial charge in [-0.15, -0.1) is 12.6 Å². The molecule has 0 aliphatic carbocycles. The molecule has 0 atom stereocenters. The minimum Gasteiger partial charge on any atom is -0.326 e. The van der Waals surface area contributed by atoms with Gasteiger partial charge in [-0.3, -0.25) is 4.79 Å². The number of aryl methyl sites for hydroxylation is 2. The molecule has 0 heterocycles. The van der Waals surface area contributed by atoms with Crippen molar-refractivity contribution in [3.05, 3.63) is 59.2 Å². The molecule has 0 aliphatic rings. The largest absolute Gasteiger partial charge is 0.326 e. The van der Waals surface area contributed by atoms with Crippen LogP contribution in [0.5, 0.6) is 0 Å². The predicted molar refractivity (Wildman–Crippen MR) is 81.9 cm³/mol. The van der Waals surface area contributed by atoms with Gasteiger partial charge in [-0.1, -0.05) is 18.2 Å². The van der Waals surface area contributed by atoms with Crippen LogP contribution in [0.3, 0.4) is 0 Å². The first-order chi connectivity index (χ1) is 9.02. The van der Waals surface area contributed by atoms with Crippen molar-refractivity contribution in [3.8, 4) is 0 Å². The van der Waals surface area contributed by atoms with Gasteiger partial charge in [-0.05, 0) is 54.8 Å². The van der Waals surface area contributed by atoms with Gasteiger partial charge in [0.15, 0.2) is 0 Å². The molecule has 0 saturated heterocycles. The van der Waals surface area contributed by atoms with E-state index >= 15 is 0 Å². The van der Waals surface area contributed by atoms with Crippen molar-refractivity contribution in [1.82, 2.24) is 0 Å². The Labute approximate surface area is 119 Å². The Morgan fingerprint density at radius 3 is 2.21 bits per heavy atom. The molecule has 0 radical (unpaired) electrons. The first-order valence-electron chi connectivity index (χ1n) is 6.19. The lowest BCUT2D eigenvalue weighted by Gasteiger charge is -2.07. The Kier molecular flexibility index (Phi) is 4.27. The van der Waals surface area contributed by atoms with Crippen LogP contribution < -0.4 is 5.32 Å². The molecule has 0 aromatic heterocycles. The average molecular weight is 271 g/mol. The van der Waals surface area contributed by atoms with Crippen LogP contribution in [0.1, 0.15) is 16.7 Å². The van der Waals surface area contributed by atoms with E-state index in [1.165, 1.54) is 0 Å². The van der Waals surface area contributed by atoms with Crippen LogP contribution in [0.15, 0.2) is 47.4 Å². The van der Waals surface area contributed by atoms with E-state index in [1.807, 2.05) is 50.2 Å². The molecule has 19 heavy (non-hydrogen) atoms. The second kappa shape index (κ2) is 5.93. The number of carbonyl (C=O) groups is 1. The van der Waals surface area contributed by atoms with E-state index in [1.54, 1.807) is 0 Å². The van der Waals surface area contributed by atoms with Crippen LogP contribution in [0.4, 0.5) is 5.69 Å². The molecule has 98 valence electrons. The number of benzene rings is 2. The molecule has 3 heteroatoms. The number of thiol groups is 1. The Hall–Kier alpha value is -1.74.